The minimum absolute atomic E-state index is 0.341. The Bertz CT molecular complexity index is 537. The lowest BCUT2D eigenvalue weighted by molar-refractivity contribution is -0.0174. The summed E-state index contributed by atoms with van der Waals surface area (Å²) in [7, 11) is 0. The Balaban J connectivity index is 1.55. The van der Waals surface area contributed by atoms with Crippen LogP contribution in [0.2, 0.25) is 5.02 Å². The van der Waals surface area contributed by atoms with Gasteiger partial charge in [0.25, 0.3) is 0 Å². The number of hydrogen-bond donors (Lipinski definition) is 1. The van der Waals surface area contributed by atoms with Gasteiger partial charge in [0.15, 0.2) is 6.79 Å². The second-order valence-electron chi connectivity index (χ2n) is 6.33. The fourth-order valence-corrected chi connectivity index (χ4v) is 4.04. The van der Waals surface area contributed by atoms with Crippen LogP contribution in [-0.2, 0) is 17.9 Å². The number of hydrogen-bond acceptors (Lipinski definition) is 4. The third-order valence-corrected chi connectivity index (χ3v) is 4.97. The molecule has 4 rings (SSSR count). The van der Waals surface area contributed by atoms with Gasteiger partial charge in [0.2, 0.25) is 0 Å². The first-order valence-corrected chi connectivity index (χ1v) is 8.16. The number of nitrogens with one attached hydrogen (secondary N) is 1. The van der Waals surface area contributed by atoms with E-state index in [1.807, 2.05) is 12.1 Å². The molecule has 2 atom stereocenters. The Labute approximate surface area is 130 Å². The summed E-state index contributed by atoms with van der Waals surface area (Å²) in [5.41, 5.74) is 2.26. The standard InChI is InChI=1S/C16H21ClN2O2/c17-13-5-11(16-12(6-13)9-20-10-21-16)7-19-4-3-14-1-2-15(8-19)18-14/h5-6,14-15,18H,1-4,7-10H2. The lowest BCUT2D eigenvalue weighted by atomic mass is 10.1. The van der Waals surface area contributed by atoms with E-state index in [0.29, 0.717) is 19.4 Å². The van der Waals surface area contributed by atoms with Crippen molar-refractivity contribution in [1.82, 2.24) is 10.2 Å². The molecule has 2 unspecified atom stereocenters. The van der Waals surface area contributed by atoms with Crippen molar-refractivity contribution in [2.24, 2.45) is 0 Å². The molecular weight excluding hydrogens is 288 g/mol. The van der Waals surface area contributed by atoms with Gasteiger partial charge in [0.1, 0.15) is 5.75 Å². The Morgan fingerprint density at radius 2 is 2.14 bits per heavy atom. The van der Waals surface area contributed by atoms with Gasteiger partial charge < -0.3 is 14.8 Å². The molecule has 3 aliphatic heterocycles. The monoisotopic (exact) mass is 308 g/mol. The highest BCUT2D eigenvalue weighted by Crippen LogP contribution is 2.33. The van der Waals surface area contributed by atoms with E-state index in [0.717, 1.165) is 42.0 Å². The molecule has 0 saturated carbocycles. The summed E-state index contributed by atoms with van der Waals surface area (Å²) >= 11 is 6.25. The summed E-state index contributed by atoms with van der Waals surface area (Å²) in [6.07, 6.45) is 3.88. The Hall–Kier alpha value is -0.810. The number of halogens is 1. The van der Waals surface area contributed by atoms with Crippen LogP contribution in [0.4, 0.5) is 0 Å². The van der Waals surface area contributed by atoms with E-state index in [9.17, 15) is 0 Å². The molecule has 0 aliphatic carbocycles. The van der Waals surface area contributed by atoms with Crippen molar-refractivity contribution in [3.05, 3.63) is 28.3 Å². The maximum Gasteiger partial charge on any atom is 0.189 e. The van der Waals surface area contributed by atoms with Crippen molar-refractivity contribution >= 4 is 11.6 Å². The second-order valence-corrected chi connectivity index (χ2v) is 6.76. The van der Waals surface area contributed by atoms with E-state index in [1.54, 1.807) is 0 Å². The van der Waals surface area contributed by atoms with Gasteiger partial charge in [-0.05, 0) is 31.4 Å². The van der Waals surface area contributed by atoms with E-state index < -0.39 is 0 Å². The van der Waals surface area contributed by atoms with Crippen LogP contribution in [0.3, 0.4) is 0 Å². The molecule has 0 amide bonds. The van der Waals surface area contributed by atoms with E-state index >= 15 is 0 Å². The number of nitrogens with zero attached hydrogens (tertiary/aromatic N) is 1. The average Bonchev–Trinajstić information content (AvgIpc) is 2.81. The van der Waals surface area contributed by atoms with Crippen molar-refractivity contribution < 1.29 is 9.47 Å². The van der Waals surface area contributed by atoms with E-state index in [1.165, 1.54) is 24.8 Å². The highest BCUT2D eigenvalue weighted by atomic mass is 35.5. The molecule has 0 aromatic heterocycles. The van der Waals surface area contributed by atoms with Crippen molar-refractivity contribution in [1.29, 1.82) is 0 Å². The molecule has 1 N–H and O–H groups in total. The molecule has 21 heavy (non-hydrogen) atoms. The van der Waals surface area contributed by atoms with Crippen LogP contribution >= 0.6 is 11.6 Å². The molecule has 5 heteroatoms. The van der Waals surface area contributed by atoms with Gasteiger partial charge in [-0.2, -0.15) is 0 Å². The highest BCUT2D eigenvalue weighted by Gasteiger charge is 2.29. The molecule has 114 valence electrons. The number of rotatable bonds is 2. The van der Waals surface area contributed by atoms with Crippen LogP contribution in [0, 0.1) is 0 Å². The quantitative estimate of drug-likeness (QED) is 0.910. The lowest BCUT2D eigenvalue weighted by Gasteiger charge is -2.27. The molecule has 0 spiro atoms. The smallest absolute Gasteiger partial charge is 0.189 e. The summed E-state index contributed by atoms with van der Waals surface area (Å²) in [5.74, 6) is 0.980. The SMILES string of the molecule is Clc1cc2c(c(CN3CCC4CCC(C3)N4)c1)OCOC2. The number of fused-ring (bicyclic) bond motifs is 3. The first kappa shape index (κ1) is 13.8. The molecule has 1 aromatic rings. The van der Waals surface area contributed by atoms with Crippen LogP contribution in [0.1, 0.15) is 30.4 Å². The molecule has 3 aliphatic rings. The minimum Gasteiger partial charge on any atom is -0.467 e. The van der Waals surface area contributed by atoms with Crippen LogP contribution in [0.25, 0.3) is 0 Å². The fourth-order valence-electron chi connectivity index (χ4n) is 3.77. The Morgan fingerprint density at radius 1 is 1.24 bits per heavy atom. The zero-order valence-electron chi connectivity index (χ0n) is 12.1. The van der Waals surface area contributed by atoms with E-state index in [-0.39, 0.29) is 0 Å². The third kappa shape index (κ3) is 2.90. The zero-order valence-corrected chi connectivity index (χ0v) is 12.9. The van der Waals surface area contributed by atoms with Crippen molar-refractivity contribution in [2.45, 2.75) is 44.5 Å². The Kier molecular flexibility index (Phi) is 3.79. The lowest BCUT2D eigenvalue weighted by Crippen LogP contribution is -2.35. The van der Waals surface area contributed by atoms with Crippen molar-refractivity contribution in [3.63, 3.8) is 0 Å². The molecular formula is C16H21ClN2O2. The van der Waals surface area contributed by atoms with Gasteiger partial charge in [-0.25, -0.2) is 0 Å². The minimum atomic E-state index is 0.341. The summed E-state index contributed by atoms with van der Waals surface area (Å²) < 4.78 is 11.1. The number of benzene rings is 1. The first-order valence-electron chi connectivity index (χ1n) is 7.78. The molecule has 1 aromatic carbocycles. The Morgan fingerprint density at radius 3 is 3.10 bits per heavy atom. The second kappa shape index (κ2) is 5.76. The summed E-state index contributed by atoms with van der Waals surface area (Å²) in [4.78, 5) is 2.53. The van der Waals surface area contributed by atoms with Crippen molar-refractivity contribution in [3.8, 4) is 5.75 Å². The molecule has 4 nitrogen and oxygen atoms in total. The largest absolute Gasteiger partial charge is 0.467 e. The summed E-state index contributed by atoms with van der Waals surface area (Å²) in [5, 5.41) is 4.49. The van der Waals surface area contributed by atoms with Gasteiger partial charge in [-0.15, -0.1) is 0 Å². The summed E-state index contributed by atoms with van der Waals surface area (Å²) in [6.45, 7) is 4.11. The van der Waals surface area contributed by atoms with E-state index in [2.05, 4.69) is 10.2 Å². The van der Waals surface area contributed by atoms with Crippen LogP contribution in [0.15, 0.2) is 12.1 Å². The highest BCUT2D eigenvalue weighted by molar-refractivity contribution is 6.30. The first-order chi connectivity index (χ1) is 10.3. The van der Waals surface area contributed by atoms with Gasteiger partial charge >= 0.3 is 0 Å². The fraction of sp³-hybridized carbons (Fsp3) is 0.625. The molecule has 2 bridgehead atoms. The van der Waals surface area contributed by atoms with Crippen LogP contribution in [-0.4, -0.2) is 36.9 Å². The molecule has 2 saturated heterocycles. The zero-order chi connectivity index (χ0) is 14.2. The normalized spacial score (nSPS) is 28.8. The third-order valence-electron chi connectivity index (χ3n) is 4.75. The predicted molar refractivity (Wildman–Crippen MR) is 81.6 cm³/mol. The van der Waals surface area contributed by atoms with Gasteiger partial charge in [0, 0.05) is 47.9 Å². The number of ether oxygens (including phenoxy) is 2. The van der Waals surface area contributed by atoms with Gasteiger partial charge in [-0.1, -0.05) is 11.6 Å². The molecule has 2 fully saturated rings. The number of likely N-dealkylation sites (tertiary alicyclic amines) is 1. The molecule has 3 heterocycles. The predicted octanol–water partition coefficient (Wildman–Crippen LogP) is 2.53. The van der Waals surface area contributed by atoms with E-state index in [4.69, 9.17) is 21.1 Å². The maximum absolute atomic E-state index is 6.25. The maximum atomic E-state index is 6.25. The van der Waals surface area contributed by atoms with Crippen LogP contribution < -0.4 is 10.1 Å². The molecule has 0 radical (unpaired) electrons. The summed E-state index contributed by atoms with van der Waals surface area (Å²) in [6, 6.07) is 5.36. The topological polar surface area (TPSA) is 33.7 Å². The van der Waals surface area contributed by atoms with Crippen molar-refractivity contribution in [2.75, 3.05) is 19.9 Å². The van der Waals surface area contributed by atoms with Crippen LogP contribution in [0.5, 0.6) is 5.75 Å². The van der Waals surface area contributed by atoms with Gasteiger partial charge in [-0.3, -0.25) is 4.90 Å². The average molecular weight is 309 g/mol. The van der Waals surface area contributed by atoms with Gasteiger partial charge in [0.05, 0.1) is 6.61 Å².